The van der Waals surface area contributed by atoms with Crippen molar-refractivity contribution in [3.8, 4) is 0 Å². The molecule has 1 aromatic carbocycles. The molecule has 1 atom stereocenters. The molecule has 104 valence electrons. The van der Waals surface area contributed by atoms with Gasteiger partial charge >= 0.3 is 5.97 Å². The van der Waals surface area contributed by atoms with Crippen molar-refractivity contribution in [1.82, 2.24) is 5.32 Å². The summed E-state index contributed by atoms with van der Waals surface area (Å²) in [4.78, 5) is 12.4. The van der Waals surface area contributed by atoms with E-state index in [2.05, 4.69) is 11.4 Å². The Bertz CT molecular complexity index is 447. The van der Waals surface area contributed by atoms with Crippen LogP contribution in [0.5, 0.6) is 0 Å². The Morgan fingerprint density at radius 2 is 2.21 bits per heavy atom. The maximum Gasteiger partial charge on any atom is 0.331 e. The van der Waals surface area contributed by atoms with Crippen LogP contribution in [0.4, 0.5) is 0 Å². The highest BCUT2D eigenvalue weighted by molar-refractivity contribution is 5.84. The zero-order valence-electron chi connectivity index (χ0n) is 11.6. The number of hydrogen-bond donors (Lipinski definition) is 1. The molecule has 0 aliphatic heterocycles. The molecule has 0 bridgehead atoms. The standard InChI is InChI=1S/C15H21NO3/c1-3-19-14(17)15(16-10-11-18-2)9-8-12-6-4-5-7-13(12)15/h4-7,16H,3,8-11H2,1-2H3. The summed E-state index contributed by atoms with van der Waals surface area (Å²) in [6, 6.07) is 8.07. The van der Waals surface area contributed by atoms with E-state index in [9.17, 15) is 4.79 Å². The van der Waals surface area contributed by atoms with E-state index in [0.29, 0.717) is 19.8 Å². The smallest absolute Gasteiger partial charge is 0.331 e. The summed E-state index contributed by atoms with van der Waals surface area (Å²) in [5, 5.41) is 3.34. The van der Waals surface area contributed by atoms with Gasteiger partial charge in [-0.3, -0.25) is 5.32 Å². The summed E-state index contributed by atoms with van der Waals surface area (Å²) in [6.07, 6.45) is 1.64. The number of carbonyl (C=O) groups is 1. The normalized spacial score (nSPS) is 21.2. The summed E-state index contributed by atoms with van der Waals surface area (Å²) in [6.45, 7) is 3.43. The highest BCUT2D eigenvalue weighted by Crippen LogP contribution is 2.37. The number of aryl methyl sites for hydroxylation is 1. The molecular formula is C15H21NO3. The van der Waals surface area contributed by atoms with Crippen molar-refractivity contribution >= 4 is 5.97 Å². The lowest BCUT2D eigenvalue weighted by atomic mass is 9.91. The maximum atomic E-state index is 12.4. The molecule has 0 heterocycles. The van der Waals surface area contributed by atoms with Crippen molar-refractivity contribution in [1.29, 1.82) is 0 Å². The fraction of sp³-hybridized carbons (Fsp3) is 0.533. The van der Waals surface area contributed by atoms with E-state index in [1.54, 1.807) is 7.11 Å². The van der Waals surface area contributed by atoms with Crippen LogP contribution < -0.4 is 5.32 Å². The van der Waals surface area contributed by atoms with Crippen LogP contribution in [0.3, 0.4) is 0 Å². The van der Waals surface area contributed by atoms with E-state index < -0.39 is 5.54 Å². The zero-order valence-corrected chi connectivity index (χ0v) is 11.6. The largest absolute Gasteiger partial charge is 0.464 e. The van der Waals surface area contributed by atoms with Gasteiger partial charge in [0.1, 0.15) is 5.54 Å². The number of hydrogen-bond acceptors (Lipinski definition) is 4. The van der Waals surface area contributed by atoms with Crippen LogP contribution in [-0.2, 0) is 26.2 Å². The zero-order chi connectivity index (χ0) is 13.7. The lowest BCUT2D eigenvalue weighted by molar-refractivity contribution is -0.151. The highest BCUT2D eigenvalue weighted by atomic mass is 16.5. The SMILES string of the molecule is CCOC(=O)C1(NCCOC)CCc2ccccc21. The predicted molar refractivity (Wildman–Crippen MR) is 73.0 cm³/mol. The third-order valence-electron chi connectivity index (χ3n) is 3.60. The second-order valence-electron chi connectivity index (χ2n) is 4.70. The quantitative estimate of drug-likeness (QED) is 0.626. The second-order valence-corrected chi connectivity index (χ2v) is 4.70. The van der Waals surface area contributed by atoms with E-state index in [4.69, 9.17) is 9.47 Å². The molecule has 1 aliphatic rings. The number of rotatable bonds is 6. The molecular weight excluding hydrogens is 242 g/mol. The van der Waals surface area contributed by atoms with E-state index in [1.165, 1.54) is 5.56 Å². The van der Waals surface area contributed by atoms with Gasteiger partial charge in [0, 0.05) is 13.7 Å². The topological polar surface area (TPSA) is 47.6 Å². The molecule has 0 saturated heterocycles. The Morgan fingerprint density at radius 1 is 1.42 bits per heavy atom. The first kappa shape index (κ1) is 14.0. The van der Waals surface area contributed by atoms with E-state index >= 15 is 0 Å². The molecule has 2 rings (SSSR count). The maximum absolute atomic E-state index is 12.4. The summed E-state index contributed by atoms with van der Waals surface area (Å²) < 4.78 is 10.3. The molecule has 4 heteroatoms. The van der Waals surface area contributed by atoms with E-state index in [0.717, 1.165) is 18.4 Å². The van der Waals surface area contributed by atoms with Gasteiger partial charge in [-0.1, -0.05) is 24.3 Å². The Morgan fingerprint density at radius 3 is 2.95 bits per heavy atom. The molecule has 0 radical (unpaired) electrons. The summed E-state index contributed by atoms with van der Waals surface area (Å²) in [7, 11) is 1.65. The number of carbonyl (C=O) groups excluding carboxylic acids is 1. The van der Waals surface area contributed by atoms with Gasteiger partial charge in [0.15, 0.2) is 0 Å². The highest BCUT2D eigenvalue weighted by Gasteiger charge is 2.45. The van der Waals surface area contributed by atoms with Gasteiger partial charge < -0.3 is 9.47 Å². The first-order valence-corrected chi connectivity index (χ1v) is 6.74. The second kappa shape index (κ2) is 6.17. The molecule has 0 aromatic heterocycles. The minimum Gasteiger partial charge on any atom is -0.464 e. The Labute approximate surface area is 114 Å². The van der Waals surface area contributed by atoms with Gasteiger partial charge in [-0.25, -0.2) is 4.79 Å². The molecule has 4 nitrogen and oxygen atoms in total. The van der Waals surface area contributed by atoms with Crippen LogP contribution in [-0.4, -0.2) is 32.8 Å². The average Bonchev–Trinajstić information content (AvgIpc) is 2.80. The first-order chi connectivity index (χ1) is 9.24. The monoisotopic (exact) mass is 263 g/mol. The minimum atomic E-state index is -0.703. The van der Waals surface area contributed by atoms with Crippen LogP contribution >= 0.6 is 0 Å². The third kappa shape index (κ3) is 2.65. The third-order valence-corrected chi connectivity index (χ3v) is 3.60. The van der Waals surface area contributed by atoms with Crippen molar-refractivity contribution in [3.63, 3.8) is 0 Å². The Kier molecular flexibility index (Phi) is 4.56. The van der Waals surface area contributed by atoms with E-state index in [-0.39, 0.29) is 5.97 Å². The minimum absolute atomic E-state index is 0.184. The molecule has 0 fully saturated rings. The lowest BCUT2D eigenvalue weighted by Gasteiger charge is -2.29. The van der Waals surface area contributed by atoms with Crippen LogP contribution in [0.15, 0.2) is 24.3 Å². The number of benzene rings is 1. The van der Waals surface area contributed by atoms with E-state index in [1.807, 2.05) is 25.1 Å². The van der Waals surface area contributed by atoms with Gasteiger partial charge in [-0.05, 0) is 30.9 Å². The van der Waals surface area contributed by atoms with Gasteiger partial charge in [0.2, 0.25) is 0 Å². The molecule has 1 aliphatic carbocycles. The van der Waals surface area contributed by atoms with Gasteiger partial charge in [-0.2, -0.15) is 0 Å². The Hall–Kier alpha value is -1.39. The number of ether oxygens (including phenoxy) is 2. The number of nitrogens with one attached hydrogen (secondary N) is 1. The first-order valence-electron chi connectivity index (χ1n) is 6.74. The summed E-state index contributed by atoms with van der Waals surface area (Å²) >= 11 is 0. The molecule has 0 saturated carbocycles. The summed E-state index contributed by atoms with van der Waals surface area (Å²) in [5.74, 6) is -0.184. The summed E-state index contributed by atoms with van der Waals surface area (Å²) in [5.41, 5.74) is 1.57. The van der Waals surface area contributed by atoms with Crippen LogP contribution in [0.2, 0.25) is 0 Å². The molecule has 0 amide bonds. The van der Waals surface area contributed by atoms with Crippen molar-refractivity contribution in [2.24, 2.45) is 0 Å². The van der Waals surface area contributed by atoms with Crippen molar-refractivity contribution in [3.05, 3.63) is 35.4 Å². The molecule has 0 spiro atoms. The van der Waals surface area contributed by atoms with Gasteiger partial charge in [-0.15, -0.1) is 0 Å². The number of methoxy groups -OCH3 is 1. The molecule has 19 heavy (non-hydrogen) atoms. The Balaban J connectivity index is 2.28. The number of esters is 1. The van der Waals surface area contributed by atoms with Gasteiger partial charge in [0.05, 0.1) is 13.2 Å². The van der Waals surface area contributed by atoms with Crippen molar-refractivity contribution < 1.29 is 14.3 Å². The van der Waals surface area contributed by atoms with Crippen molar-refractivity contribution in [2.75, 3.05) is 26.9 Å². The van der Waals surface area contributed by atoms with Gasteiger partial charge in [0.25, 0.3) is 0 Å². The van der Waals surface area contributed by atoms with Crippen LogP contribution in [0.25, 0.3) is 0 Å². The average molecular weight is 263 g/mol. The number of fused-ring (bicyclic) bond motifs is 1. The molecule has 1 aromatic rings. The van der Waals surface area contributed by atoms with Crippen molar-refractivity contribution in [2.45, 2.75) is 25.3 Å². The fourth-order valence-corrected chi connectivity index (χ4v) is 2.70. The predicted octanol–water partition coefficient (Wildman–Crippen LogP) is 1.63. The van der Waals surface area contributed by atoms with Crippen LogP contribution in [0.1, 0.15) is 24.5 Å². The lowest BCUT2D eigenvalue weighted by Crippen LogP contribution is -2.49. The fourth-order valence-electron chi connectivity index (χ4n) is 2.70. The van der Waals surface area contributed by atoms with Crippen LogP contribution in [0, 0.1) is 0 Å². The molecule has 1 unspecified atom stereocenters. The molecule has 1 N–H and O–H groups in total.